The molecule has 18 heavy (non-hydrogen) atoms. The van der Waals surface area contributed by atoms with Crippen LogP contribution in [-0.2, 0) is 6.54 Å². The highest BCUT2D eigenvalue weighted by Gasteiger charge is 2.16. The minimum absolute atomic E-state index is 0.663. The fraction of sp³-hybridized carbons (Fsp3) is 0.667. The first-order valence-electron chi connectivity index (χ1n) is 7.15. The van der Waals surface area contributed by atoms with Crippen molar-refractivity contribution < 1.29 is 0 Å². The number of pyridine rings is 1. The van der Waals surface area contributed by atoms with Gasteiger partial charge in [0.05, 0.1) is 0 Å². The lowest BCUT2D eigenvalue weighted by Gasteiger charge is -2.24. The third-order valence-corrected chi connectivity index (χ3v) is 3.58. The summed E-state index contributed by atoms with van der Waals surface area (Å²) in [5.74, 6) is 0. The van der Waals surface area contributed by atoms with Gasteiger partial charge < -0.3 is 5.32 Å². The van der Waals surface area contributed by atoms with Gasteiger partial charge in [0.15, 0.2) is 0 Å². The molecule has 2 rings (SSSR count). The third kappa shape index (κ3) is 4.07. The molecule has 1 fully saturated rings. The molecule has 0 aromatic carbocycles. The standard InChI is InChI=1S/C15H25N3/c1-3-5-15-12-18(9-4-8-16-15)11-14-7-6-13(2)17-10-14/h6-7,10,15-16H,3-5,8-9,11-12H2,1-2H3. The second-order valence-electron chi connectivity index (χ2n) is 5.34. The monoisotopic (exact) mass is 247 g/mol. The molecule has 3 heteroatoms. The Balaban J connectivity index is 1.92. The highest BCUT2D eigenvalue weighted by Crippen LogP contribution is 2.10. The lowest BCUT2D eigenvalue weighted by atomic mass is 10.1. The molecular weight excluding hydrogens is 222 g/mol. The highest BCUT2D eigenvalue weighted by molar-refractivity contribution is 5.13. The van der Waals surface area contributed by atoms with Crippen molar-refractivity contribution >= 4 is 0 Å². The van der Waals surface area contributed by atoms with E-state index in [1.54, 1.807) is 0 Å². The second kappa shape index (κ2) is 6.86. The fourth-order valence-electron chi connectivity index (χ4n) is 2.61. The molecule has 2 heterocycles. The molecule has 1 N–H and O–H groups in total. The van der Waals surface area contributed by atoms with Crippen LogP contribution in [0.5, 0.6) is 0 Å². The minimum Gasteiger partial charge on any atom is -0.313 e. The predicted molar refractivity (Wildman–Crippen MR) is 75.6 cm³/mol. The molecule has 1 aliphatic heterocycles. The normalized spacial score (nSPS) is 21.8. The van der Waals surface area contributed by atoms with Crippen LogP contribution in [0.2, 0.25) is 0 Å². The van der Waals surface area contributed by atoms with Crippen molar-refractivity contribution in [1.29, 1.82) is 0 Å². The Morgan fingerprint density at radius 2 is 2.33 bits per heavy atom. The van der Waals surface area contributed by atoms with Crippen molar-refractivity contribution in [1.82, 2.24) is 15.2 Å². The molecule has 0 aliphatic carbocycles. The van der Waals surface area contributed by atoms with Gasteiger partial charge in [-0.2, -0.15) is 0 Å². The number of aromatic nitrogens is 1. The SMILES string of the molecule is CCCC1CN(Cc2ccc(C)nc2)CCCN1. The summed E-state index contributed by atoms with van der Waals surface area (Å²) in [6.45, 7) is 8.86. The molecule has 1 aromatic rings. The lowest BCUT2D eigenvalue weighted by molar-refractivity contribution is 0.254. The number of nitrogens with zero attached hydrogens (tertiary/aromatic N) is 2. The molecule has 3 nitrogen and oxygen atoms in total. The predicted octanol–water partition coefficient (Wildman–Crippen LogP) is 2.35. The van der Waals surface area contributed by atoms with E-state index in [1.807, 2.05) is 13.1 Å². The molecular formula is C15H25N3. The number of nitrogens with one attached hydrogen (secondary N) is 1. The average Bonchev–Trinajstić information content (AvgIpc) is 2.58. The van der Waals surface area contributed by atoms with E-state index in [-0.39, 0.29) is 0 Å². The fourth-order valence-corrected chi connectivity index (χ4v) is 2.61. The van der Waals surface area contributed by atoms with Gasteiger partial charge >= 0.3 is 0 Å². The van der Waals surface area contributed by atoms with Crippen LogP contribution in [0.1, 0.15) is 37.4 Å². The van der Waals surface area contributed by atoms with Gasteiger partial charge in [-0.3, -0.25) is 9.88 Å². The van der Waals surface area contributed by atoms with Gasteiger partial charge in [0.25, 0.3) is 0 Å². The molecule has 1 atom stereocenters. The molecule has 0 bridgehead atoms. The van der Waals surface area contributed by atoms with Gasteiger partial charge in [-0.25, -0.2) is 0 Å². The molecule has 0 saturated carbocycles. The Hall–Kier alpha value is -0.930. The van der Waals surface area contributed by atoms with E-state index >= 15 is 0 Å². The van der Waals surface area contributed by atoms with Crippen LogP contribution in [0.25, 0.3) is 0 Å². The van der Waals surface area contributed by atoms with E-state index in [4.69, 9.17) is 0 Å². The van der Waals surface area contributed by atoms with Crippen LogP contribution >= 0.6 is 0 Å². The van der Waals surface area contributed by atoms with Gasteiger partial charge in [0.1, 0.15) is 0 Å². The summed E-state index contributed by atoms with van der Waals surface area (Å²) in [5, 5.41) is 3.65. The van der Waals surface area contributed by atoms with Gasteiger partial charge in [-0.15, -0.1) is 0 Å². The van der Waals surface area contributed by atoms with E-state index in [0.29, 0.717) is 6.04 Å². The van der Waals surface area contributed by atoms with E-state index in [2.05, 4.69) is 34.3 Å². The third-order valence-electron chi connectivity index (χ3n) is 3.58. The zero-order valence-electron chi connectivity index (χ0n) is 11.7. The Kier molecular flexibility index (Phi) is 5.14. The van der Waals surface area contributed by atoms with Crippen molar-refractivity contribution in [2.24, 2.45) is 0 Å². The van der Waals surface area contributed by atoms with E-state index in [0.717, 1.165) is 18.8 Å². The van der Waals surface area contributed by atoms with Crippen LogP contribution in [0.15, 0.2) is 18.3 Å². The van der Waals surface area contributed by atoms with E-state index in [9.17, 15) is 0 Å². The summed E-state index contributed by atoms with van der Waals surface area (Å²) >= 11 is 0. The van der Waals surface area contributed by atoms with Crippen LogP contribution in [-0.4, -0.2) is 35.6 Å². The summed E-state index contributed by atoms with van der Waals surface area (Å²) in [5.41, 5.74) is 2.43. The smallest absolute Gasteiger partial charge is 0.0372 e. The summed E-state index contributed by atoms with van der Waals surface area (Å²) < 4.78 is 0. The Morgan fingerprint density at radius 1 is 1.44 bits per heavy atom. The summed E-state index contributed by atoms with van der Waals surface area (Å²) in [4.78, 5) is 6.94. The number of aryl methyl sites for hydroxylation is 1. The van der Waals surface area contributed by atoms with Crippen molar-refractivity contribution in [3.8, 4) is 0 Å². The van der Waals surface area contributed by atoms with Crippen LogP contribution in [0.4, 0.5) is 0 Å². The molecule has 1 unspecified atom stereocenters. The highest BCUT2D eigenvalue weighted by atomic mass is 15.2. The summed E-state index contributed by atoms with van der Waals surface area (Å²) in [6, 6.07) is 4.97. The molecule has 1 aromatic heterocycles. The summed E-state index contributed by atoms with van der Waals surface area (Å²) in [7, 11) is 0. The Bertz CT molecular complexity index is 347. The maximum atomic E-state index is 4.38. The van der Waals surface area contributed by atoms with Crippen LogP contribution < -0.4 is 5.32 Å². The first kappa shape index (κ1) is 13.5. The largest absolute Gasteiger partial charge is 0.313 e. The van der Waals surface area contributed by atoms with Crippen molar-refractivity contribution in [2.75, 3.05) is 19.6 Å². The quantitative estimate of drug-likeness (QED) is 0.885. The van der Waals surface area contributed by atoms with Crippen molar-refractivity contribution in [3.63, 3.8) is 0 Å². The molecule has 1 saturated heterocycles. The molecule has 0 amide bonds. The van der Waals surface area contributed by atoms with Crippen molar-refractivity contribution in [3.05, 3.63) is 29.6 Å². The van der Waals surface area contributed by atoms with Gasteiger partial charge in [-0.05, 0) is 44.5 Å². The lowest BCUT2D eigenvalue weighted by Crippen LogP contribution is -2.37. The Labute approximate surface area is 111 Å². The molecule has 1 aliphatic rings. The first-order valence-corrected chi connectivity index (χ1v) is 7.15. The minimum atomic E-state index is 0.663. The maximum absolute atomic E-state index is 4.38. The zero-order valence-corrected chi connectivity index (χ0v) is 11.7. The Morgan fingerprint density at radius 3 is 3.06 bits per heavy atom. The first-order chi connectivity index (χ1) is 8.78. The molecule has 0 radical (unpaired) electrons. The number of hydrogen-bond acceptors (Lipinski definition) is 3. The zero-order chi connectivity index (χ0) is 12.8. The molecule has 0 spiro atoms. The second-order valence-corrected chi connectivity index (χ2v) is 5.34. The van der Waals surface area contributed by atoms with Gasteiger partial charge in [0, 0.05) is 31.0 Å². The number of rotatable bonds is 4. The summed E-state index contributed by atoms with van der Waals surface area (Å²) in [6.07, 6.45) is 5.81. The van der Waals surface area contributed by atoms with Crippen molar-refractivity contribution in [2.45, 2.75) is 45.7 Å². The number of hydrogen-bond donors (Lipinski definition) is 1. The van der Waals surface area contributed by atoms with Crippen LogP contribution in [0.3, 0.4) is 0 Å². The van der Waals surface area contributed by atoms with Crippen LogP contribution in [0, 0.1) is 6.92 Å². The van der Waals surface area contributed by atoms with E-state index in [1.165, 1.54) is 37.9 Å². The van der Waals surface area contributed by atoms with E-state index < -0.39 is 0 Å². The average molecular weight is 247 g/mol. The van der Waals surface area contributed by atoms with Gasteiger partial charge in [-0.1, -0.05) is 19.4 Å². The maximum Gasteiger partial charge on any atom is 0.0372 e. The van der Waals surface area contributed by atoms with Gasteiger partial charge in [0.2, 0.25) is 0 Å². The molecule has 100 valence electrons. The topological polar surface area (TPSA) is 28.2 Å².